The molecule has 21 heavy (non-hydrogen) atoms. The van der Waals surface area contributed by atoms with Crippen molar-refractivity contribution in [2.75, 3.05) is 0 Å². The van der Waals surface area contributed by atoms with E-state index < -0.39 is 0 Å². The second-order valence-electron chi connectivity index (χ2n) is 4.66. The summed E-state index contributed by atoms with van der Waals surface area (Å²) in [5.41, 5.74) is 1.11. The molecule has 0 saturated carbocycles. The van der Waals surface area contributed by atoms with E-state index in [2.05, 4.69) is 4.98 Å². The number of carbonyl (C=O) groups excluding carboxylic acids is 1. The standard InChI is InChI=1S/C14H12N4O2S/c1-16-11-10(13(21)17(2)14(16)20)18(8-15-11)12(19)9-6-4-3-5-7-9/h3-8H,1-2H3. The van der Waals surface area contributed by atoms with Crippen LogP contribution in [0.25, 0.3) is 11.2 Å². The molecule has 2 heterocycles. The fourth-order valence-corrected chi connectivity index (χ4v) is 2.49. The quantitative estimate of drug-likeness (QED) is 0.639. The summed E-state index contributed by atoms with van der Waals surface area (Å²) in [5.74, 6) is -0.233. The van der Waals surface area contributed by atoms with Crippen molar-refractivity contribution in [1.82, 2.24) is 18.7 Å². The lowest BCUT2D eigenvalue weighted by Crippen LogP contribution is -2.28. The molecule has 1 aromatic carbocycles. The summed E-state index contributed by atoms with van der Waals surface area (Å²) < 4.78 is 4.37. The van der Waals surface area contributed by atoms with E-state index in [1.54, 1.807) is 38.4 Å². The van der Waals surface area contributed by atoms with Crippen molar-refractivity contribution in [3.63, 3.8) is 0 Å². The largest absolute Gasteiger partial charge is 0.330 e. The molecule has 0 bridgehead atoms. The summed E-state index contributed by atoms with van der Waals surface area (Å²) in [5, 5.41) is 0. The number of hydrogen-bond donors (Lipinski definition) is 0. The van der Waals surface area contributed by atoms with E-state index in [0.29, 0.717) is 16.7 Å². The first kappa shape index (κ1) is 13.4. The number of rotatable bonds is 1. The van der Waals surface area contributed by atoms with Crippen LogP contribution in [-0.4, -0.2) is 24.6 Å². The lowest BCUT2D eigenvalue weighted by Gasteiger charge is -2.07. The summed E-state index contributed by atoms with van der Waals surface area (Å²) in [6.07, 6.45) is 1.40. The van der Waals surface area contributed by atoms with Crippen molar-refractivity contribution in [1.29, 1.82) is 0 Å². The molecule has 0 unspecified atom stereocenters. The molecule has 0 N–H and O–H groups in total. The molecule has 0 fully saturated rings. The van der Waals surface area contributed by atoms with Crippen molar-refractivity contribution in [2.45, 2.75) is 0 Å². The second-order valence-corrected chi connectivity index (χ2v) is 5.05. The van der Waals surface area contributed by atoms with Gasteiger partial charge < -0.3 is 0 Å². The van der Waals surface area contributed by atoms with Crippen LogP contribution in [0.4, 0.5) is 0 Å². The highest BCUT2D eigenvalue weighted by Crippen LogP contribution is 2.14. The Bertz CT molecular complexity index is 966. The minimum atomic E-state index is -0.273. The molecule has 106 valence electrons. The third-order valence-electron chi connectivity index (χ3n) is 3.39. The lowest BCUT2D eigenvalue weighted by molar-refractivity contribution is 0.0964. The van der Waals surface area contributed by atoms with Crippen molar-refractivity contribution in [3.05, 3.63) is 57.3 Å². The van der Waals surface area contributed by atoms with E-state index in [1.165, 1.54) is 20.0 Å². The van der Waals surface area contributed by atoms with Crippen LogP contribution in [0.1, 0.15) is 10.4 Å². The molecule has 0 saturated heterocycles. The molecule has 3 rings (SSSR count). The van der Waals surface area contributed by atoms with Gasteiger partial charge in [0.05, 0.1) is 0 Å². The summed E-state index contributed by atoms with van der Waals surface area (Å²) in [4.78, 5) is 28.7. The van der Waals surface area contributed by atoms with E-state index in [4.69, 9.17) is 12.2 Å². The summed E-state index contributed by atoms with van der Waals surface area (Å²) in [6.45, 7) is 0. The van der Waals surface area contributed by atoms with Crippen LogP contribution in [0.15, 0.2) is 41.5 Å². The van der Waals surface area contributed by atoms with Gasteiger partial charge in [-0.2, -0.15) is 0 Å². The molecule has 0 amide bonds. The van der Waals surface area contributed by atoms with E-state index >= 15 is 0 Å². The molecule has 2 aromatic heterocycles. The van der Waals surface area contributed by atoms with Crippen LogP contribution < -0.4 is 5.69 Å². The van der Waals surface area contributed by atoms with Gasteiger partial charge in [-0.1, -0.05) is 30.4 Å². The summed E-state index contributed by atoms with van der Waals surface area (Å²) in [6, 6.07) is 8.86. The molecule has 0 atom stereocenters. The van der Waals surface area contributed by atoms with E-state index in [-0.39, 0.29) is 16.2 Å². The molecule has 0 aliphatic heterocycles. The van der Waals surface area contributed by atoms with Gasteiger partial charge in [-0.25, -0.2) is 9.78 Å². The highest BCUT2D eigenvalue weighted by atomic mass is 32.1. The Morgan fingerprint density at radius 2 is 1.81 bits per heavy atom. The monoisotopic (exact) mass is 300 g/mol. The number of fused-ring (bicyclic) bond motifs is 1. The van der Waals surface area contributed by atoms with Gasteiger partial charge in [0.2, 0.25) is 0 Å². The highest BCUT2D eigenvalue weighted by molar-refractivity contribution is 7.71. The second kappa shape index (κ2) is 4.78. The van der Waals surface area contributed by atoms with Crippen LogP contribution in [0.3, 0.4) is 0 Å². The van der Waals surface area contributed by atoms with E-state index in [9.17, 15) is 9.59 Å². The number of carbonyl (C=O) groups is 1. The first-order valence-electron chi connectivity index (χ1n) is 6.25. The lowest BCUT2D eigenvalue weighted by atomic mass is 10.2. The van der Waals surface area contributed by atoms with E-state index in [1.807, 2.05) is 6.07 Å². The fraction of sp³-hybridized carbons (Fsp3) is 0.143. The van der Waals surface area contributed by atoms with Gasteiger partial charge in [-0.3, -0.25) is 18.5 Å². The molecule has 0 spiro atoms. The minimum Gasteiger partial charge on any atom is -0.286 e. The average molecular weight is 300 g/mol. The van der Waals surface area contributed by atoms with Crippen LogP contribution in [0, 0.1) is 4.64 Å². The Morgan fingerprint density at radius 1 is 1.14 bits per heavy atom. The normalized spacial score (nSPS) is 11.0. The Kier molecular flexibility index (Phi) is 3.06. The van der Waals surface area contributed by atoms with Crippen molar-refractivity contribution in [3.8, 4) is 0 Å². The molecule has 0 aliphatic rings. The predicted octanol–water partition coefficient (Wildman–Crippen LogP) is 1.49. The van der Waals surface area contributed by atoms with Crippen LogP contribution in [0.5, 0.6) is 0 Å². The van der Waals surface area contributed by atoms with E-state index in [0.717, 1.165) is 0 Å². The Labute approximate surface area is 124 Å². The molecule has 0 aliphatic carbocycles. The molecule has 0 radical (unpaired) electrons. The molecule has 6 nitrogen and oxygen atoms in total. The van der Waals surface area contributed by atoms with Gasteiger partial charge in [-0.15, -0.1) is 0 Å². The maximum absolute atomic E-state index is 12.6. The zero-order valence-electron chi connectivity index (χ0n) is 11.5. The van der Waals surface area contributed by atoms with Crippen molar-refractivity contribution < 1.29 is 4.79 Å². The fourth-order valence-electron chi connectivity index (χ4n) is 2.22. The first-order valence-corrected chi connectivity index (χ1v) is 6.66. The topological polar surface area (TPSA) is 61.8 Å². The number of hydrogen-bond acceptors (Lipinski definition) is 4. The molecule has 3 aromatic rings. The van der Waals surface area contributed by atoms with Crippen LogP contribution >= 0.6 is 12.2 Å². The van der Waals surface area contributed by atoms with Crippen LogP contribution in [0.2, 0.25) is 0 Å². The van der Waals surface area contributed by atoms with Crippen molar-refractivity contribution >= 4 is 29.3 Å². The zero-order valence-corrected chi connectivity index (χ0v) is 12.3. The Hall–Kier alpha value is -2.54. The van der Waals surface area contributed by atoms with Gasteiger partial charge in [0.15, 0.2) is 5.65 Å². The smallest absolute Gasteiger partial charge is 0.286 e. The Balaban J connectivity index is 2.34. The molecule has 7 heteroatoms. The maximum atomic E-state index is 12.6. The predicted molar refractivity (Wildman–Crippen MR) is 80.9 cm³/mol. The molecular weight excluding hydrogens is 288 g/mol. The Morgan fingerprint density at radius 3 is 2.48 bits per heavy atom. The number of aryl methyl sites for hydroxylation is 1. The van der Waals surface area contributed by atoms with Gasteiger partial charge in [0.1, 0.15) is 16.5 Å². The third-order valence-corrected chi connectivity index (χ3v) is 3.85. The minimum absolute atomic E-state index is 0.233. The number of nitrogens with zero attached hydrogens (tertiary/aromatic N) is 4. The maximum Gasteiger partial charge on any atom is 0.330 e. The van der Waals surface area contributed by atoms with Gasteiger partial charge in [0, 0.05) is 19.7 Å². The van der Waals surface area contributed by atoms with Gasteiger partial charge in [0.25, 0.3) is 5.91 Å². The number of imidazole rings is 1. The van der Waals surface area contributed by atoms with Gasteiger partial charge >= 0.3 is 5.69 Å². The average Bonchev–Trinajstić information content (AvgIpc) is 2.96. The molecular formula is C14H12N4O2S. The van der Waals surface area contributed by atoms with Crippen LogP contribution in [-0.2, 0) is 14.1 Å². The zero-order chi connectivity index (χ0) is 15.1. The van der Waals surface area contributed by atoms with Crippen molar-refractivity contribution in [2.24, 2.45) is 14.1 Å². The number of benzene rings is 1. The summed E-state index contributed by atoms with van der Waals surface area (Å²) in [7, 11) is 3.18. The third kappa shape index (κ3) is 1.93. The van der Waals surface area contributed by atoms with Gasteiger partial charge in [-0.05, 0) is 12.1 Å². The first-order chi connectivity index (χ1) is 10.0. The highest BCUT2D eigenvalue weighted by Gasteiger charge is 2.17. The summed E-state index contributed by atoms with van der Waals surface area (Å²) >= 11 is 5.29. The number of aromatic nitrogens is 4. The SMILES string of the molecule is Cn1c(=S)c2c(ncn2C(=O)c2ccccc2)n(C)c1=O.